The summed E-state index contributed by atoms with van der Waals surface area (Å²) in [5.41, 5.74) is -0.0202. The highest BCUT2D eigenvalue weighted by molar-refractivity contribution is 5.78. The lowest BCUT2D eigenvalue weighted by Gasteiger charge is -2.63. The molecule has 0 radical (unpaired) electrons. The number of hydrogen-bond donors (Lipinski definition) is 2. The summed E-state index contributed by atoms with van der Waals surface area (Å²) in [7, 11) is 3.48. The van der Waals surface area contributed by atoms with Crippen LogP contribution in [0, 0.1) is 40.4 Å². The molecule has 1 heterocycles. The fourth-order valence-electron chi connectivity index (χ4n) is 9.71. The molecule has 1 aromatic rings. The van der Waals surface area contributed by atoms with Gasteiger partial charge in [-0.2, -0.15) is 5.10 Å². The minimum absolute atomic E-state index is 0.0386. The third-order valence-electron chi connectivity index (χ3n) is 11.7. The van der Waals surface area contributed by atoms with E-state index in [9.17, 15) is 10.2 Å². The molecular weight excluding hydrogens is 438 g/mol. The molecule has 6 nitrogen and oxygen atoms in total. The number of nitrogens with zero attached hydrogens (tertiary/aromatic N) is 3. The van der Waals surface area contributed by atoms with Crippen molar-refractivity contribution in [3.63, 3.8) is 0 Å². The van der Waals surface area contributed by atoms with Crippen LogP contribution in [0.4, 0.5) is 0 Å². The van der Waals surface area contributed by atoms with Crippen molar-refractivity contribution in [2.75, 3.05) is 20.8 Å². The Morgan fingerprint density at radius 3 is 2.66 bits per heavy atom. The fourth-order valence-corrected chi connectivity index (χ4v) is 9.71. The van der Waals surface area contributed by atoms with Gasteiger partial charge in [-0.15, -0.1) is 0 Å². The minimum atomic E-state index is -0.656. The molecule has 196 valence electrons. The monoisotopic (exact) mass is 485 g/mol. The lowest BCUT2D eigenvalue weighted by atomic mass is 9.43. The molecule has 0 aromatic carbocycles. The van der Waals surface area contributed by atoms with E-state index in [1.54, 1.807) is 14.2 Å². The Hall–Kier alpha value is -1.24. The maximum Gasteiger partial charge on any atom is 0.0883 e. The third-order valence-corrected chi connectivity index (χ3v) is 11.7. The van der Waals surface area contributed by atoms with Gasteiger partial charge < -0.3 is 14.9 Å². The number of aromatic nitrogens is 2. The van der Waals surface area contributed by atoms with Crippen molar-refractivity contribution in [1.82, 2.24) is 9.78 Å². The van der Waals surface area contributed by atoms with E-state index in [0.29, 0.717) is 35.7 Å². The fraction of sp³-hybridized carbons (Fsp3) is 0.862. The van der Waals surface area contributed by atoms with Gasteiger partial charge in [-0.05, 0) is 92.3 Å². The van der Waals surface area contributed by atoms with Crippen LogP contribution >= 0.6 is 0 Å². The zero-order valence-electron chi connectivity index (χ0n) is 22.5. The van der Waals surface area contributed by atoms with Gasteiger partial charge in [0, 0.05) is 44.6 Å². The van der Waals surface area contributed by atoms with Gasteiger partial charge in [0.2, 0.25) is 0 Å². The van der Waals surface area contributed by atoms with Crippen LogP contribution in [0.5, 0.6) is 0 Å². The van der Waals surface area contributed by atoms with Gasteiger partial charge in [0.1, 0.15) is 0 Å². The van der Waals surface area contributed by atoms with E-state index in [0.717, 1.165) is 50.6 Å². The zero-order chi connectivity index (χ0) is 25.1. The van der Waals surface area contributed by atoms with E-state index in [-0.39, 0.29) is 11.3 Å². The summed E-state index contributed by atoms with van der Waals surface area (Å²) >= 11 is 0. The molecular formula is C29H47N3O3. The maximum atomic E-state index is 12.3. The van der Waals surface area contributed by atoms with Gasteiger partial charge in [0.25, 0.3) is 0 Å². The molecule has 6 heteroatoms. The van der Waals surface area contributed by atoms with Gasteiger partial charge in [0.05, 0.1) is 24.0 Å². The molecule has 35 heavy (non-hydrogen) atoms. The molecule has 5 rings (SSSR count). The summed E-state index contributed by atoms with van der Waals surface area (Å²) in [6.45, 7) is 8.36. The first-order chi connectivity index (χ1) is 16.6. The van der Waals surface area contributed by atoms with Crippen molar-refractivity contribution < 1.29 is 14.9 Å². The van der Waals surface area contributed by atoms with Gasteiger partial charge in [-0.25, -0.2) is 0 Å². The van der Waals surface area contributed by atoms with Crippen LogP contribution in [-0.4, -0.2) is 58.2 Å². The first kappa shape index (κ1) is 25.4. The molecule has 1 aromatic heterocycles. The van der Waals surface area contributed by atoms with Gasteiger partial charge >= 0.3 is 0 Å². The second-order valence-corrected chi connectivity index (χ2v) is 13.2. The summed E-state index contributed by atoms with van der Waals surface area (Å²) in [5.74, 6) is 2.73. The average Bonchev–Trinajstić information content (AvgIpc) is 3.37. The molecule has 0 spiro atoms. The van der Waals surface area contributed by atoms with Crippen LogP contribution < -0.4 is 0 Å². The average molecular weight is 486 g/mol. The SMILES string of the molecule is CN=Cc1cnn(C[C@H](C)[C@@]2(O)CC[C@H]3[C@@H]4CC[C@@H]5C[C@@](O)(COC)CC[C@]5(C)[C@H]4CC[C@@]32C)c1. The Labute approximate surface area is 211 Å². The zero-order valence-corrected chi connectivity index (χ0v) is 22.5. The Morgan fingerprint density at radius 1 is 1.14 bits per heavy atom. The molecule has 0 amide bonds. The van der Waals surface area contributed by atoms with Crippen molar-refractivity contribution in [3.05, 3.63) is 18.0 Å². The molecule has 4 fully saturated rings. The Morgan fingerprint density at radius 2 is 1.91 bits per heavy atom. The summed E-state index contributed by atoms with van der Waals surface area (Å²) in [6, 6.07) is 0. The molecule has 0 saturated heterocycles. The van der Waals surface area contributed by atoms with E-state index in [2.05, 4.69) is 30.9 Å². The number of aliphatic hydroxyl groups is 2. The van der Waals surface area contributed by atoms with Crippen molar-refractivity contribution >= 4 is 6.21 Å². The quantitative estimate of drug-likeness (QED) is 0.572. The molecule has 0 unspecified atom stereocenters. The van der Waals surface area contributed by atoms with Crippen molar-refractivity contribution in [2.45, 2.75) is 96.3 Å². The molecule has 0 bridgehead atoms. The lowest BCUT2D eigenvalue weighted by Crippen LogP contribution is -2.59. The van der Waals surface area contributed by atoms with Crippen LogP contribution in [0.25, 0.3) is 0 Å². The Kier molecular flexibility index (Phi) is 6.50. The summed E-state index contributed by atoms with van der Waals surface area (Å²) in [6.07, 6.45) is 15.4. The molecule has 4 aliphatic rings. The standard InChI is InChI=1S/C29H47N3O3/c1-20(17-32-18-21(15-30-4)16-31-32)29(34)11-9-25-23-7-6-22-14-28(33,19-35-5)13-12-26(22,2)24(23)8-10-27(25,29)3/h15-16,18,20,22-25,33-34H,6-14,17,19H2,1-5H3/t20-,22+,23+,24-,25-,26-,27-,28+,29-/m0/s1. The predicted octanol–water partition coefficient (Wildman–Crippen LogP) is 4.72. The summed E-state index contributed by atoms with van der Waals surface area (Å²) < 4.78 is 7.37. The van der Waals surface area contributed by atoms with E-state index in [1.807, 2.05) is 23.3 Å². The largest absolute Gasteiger partial charge is 0.389 e. The van der Waals surface area contributed by atoms with Gasteiger partial charge in [0.15, 0.2) is 0 Å². The molecule has 4 saturated carbocycles. The molecule has 2 N–H and O–H groups in total. The van der Waals surface area contributed by atoms with E-state index in [1.165, 1.54) is 19.3 Å². The van der Waals surface area contributed by atoms with Crippen LogP contribution in [0.15, 0.2) is 17.4 Å². The first-order valence-electron chi connectivity index (χ1n) is 14.0. The van der Waals surface area contributed by atoms with Gasteiger partial charge in [-0.3, -0.25) is 9.67 Å². The second-order valence-electron chi connectivity index (χ2n) is 13.2. The topological polar surface area (TPSA) is 79.9 Å². The van der Waals surface area contributed by atoms with E-state index < -0.39 is 11.2 Å². The first-order valence-corrected chi connectivity index (χ1v) is 14.0. The number of fused-ring (bicyclic) bond motifs is 5. The highest BCUT2D eigenvalue weighted by atomic mass is 16.5. The Balaban J connectivity index is 1.33. The second kappa shape index (κ2) is 8.95. The number of aliphatic imine (C=N–C) groups is 1. The van der Waals surface area contributed by atoms with Crippen LogP contribution in [0.2, 0.25) is 0 Å². The predicted molar refractivity (Wildman–Crippen MR) is 138 cm³/mol. The van der Waals surface area contributed by atoms with Crippen LogP contribution in [0.1, 0.15) is 84.1 Å². The number of hydrogen-bond acceptors (Lipinski definition) is 5. The van der Waals surface area contributed by atoms with Crippen molar-refractivity contribution in [1.29, 1.82) is 0 Å². The lowest BCUT2D eigenvalue weighted by molar-refractivity contribution is -0.187. The number of ether oxygens (including phenoxy) is 1. The number of rotatable bonds is 6. The van der Waals surface area contributed by atoms with E-state index >= 15 is 0 Å². The van der Waals surface area contributed by atoms with Crippen LogP contribution in [-0.2, 0) is 11.3 Å². The minimum Gasteiger partial charge on any atom is -0.389 e. The summed E-state index contributed by atoms with van der Waals surface area (Å²) in [4.78, 5) is 4.10. The van der Waals surface area contributed by atoms with Gasteiger partial charge in [-0.1, -0.05) is 20.8 Å². The highest BCUT2D eigenvalue weighted by Crippen LogP contribution is 2.69. The van der Waals surface area contributed by atoms with Crippen LogP contribution in [0.3, 0.4) is 0 Å². The third kappa shape index (κ3) is 3.93. The highest BCUT2D eigenvalue weighted by Gasteiger charge is 2.66. The van der Waals surface area contributed by atoms with Crippen molar-refractivity contribution in [3.8, 4) is 0 Å². The smallest absolute Gasteiger partial charge is 0.0883 e. The van der Waals surface area contributed by atoms with E-state index in [4.69, 9.17) is 4.74 Å². The maximum absolute atomic E-state index is 12.3. The summed E-state index contributed by atoms with van der Waals surface area (Å²) in [5, 5.41) is 27.9. The van der Waals surface area contributed by atoms with Crippen molar-refractivity contribution in [2.24, 2.45) is 45.4 Å². The number of methoxy groups -OCH3 is 1. The molecule has 0 aliphatic heterocycles. The normalized spacial score (nSPS) is 46.3. The Bertz CT molecular complexity index is 947. The molecule has 9 atom stereocenters. The molecule has 4 aliphatic carbocycles.